The summed E-state index contributed by atoms with van der Waals surface area (Å²) < 4.78 is 20.4. The van der Waals surface area contributed by atoms with Crippen LogP contribution < -0.4 is 5.32 Å². The summed E-state index contributed by atoms with van der Waals surface area (Å²) in [5, 5.41) is 3.09. The lowest BCUT2D eigenvalue weighted by molar-refractivity contribution is 0.217. The van der Waals surface area contributed by atoms with Gasteiger partial charge >= 0.3 is 0 Å². The second-order valence-electron chi connectivity index (χ2n) is 5.66. The third-order valence-electron chi connectivity index (χ3n) is 3.36. The first-order valence-electron chi connectivity index (χ1n) is 7.86. The van der Waals surface area contributed by atoms with E-state index in [-0.39, 0.29) is 5.83 Å². The van der Waals surface area contributed by atoms with Crippen molar-refractivity contribution in [2.75, 3.05) is 41.3 Å². The highest BCUT2D eigenvalue weighted by Gasteiger charge is 2.18. The molecule has 0 heterocycles. The van der Waals surface area contributed by atoms with Crippen LogP contribution in [0.15, 0.2) is 51.6 Å². The Morgan fingerprint density at radius 1 is 1.48 bits per heavy atom. The van der Waals surface area contributed by atoms with Crippen molar-refractivity contribution in [2.45, 2.75) is 19.8 Å². The highest BCUT2D eigenvalue weighted by Crippen LogP contribution is 2.28. The number of aliphatic imine (C=N–C) groups is 1. The molecule has 128 valence electrons. The average Bonchev–Trinajstić information content (AvgIpc) is 2.66. The van der Waals surface area contributed by atoms with E-state index in [1.807, 2.05) is 46.3 Å². The first kappa shape index (κ1) is 19.2. The third-order valence-corrected chi connectivity index (χ3v) is 3.36. The number of rotatable bonds is 8. The molecular formula is C18H28FN3O. The second-order valence-corrected chi connectivity index (χ2v) is 5.66. The van der Waals surface area contributed by atoms with Gasteiger partial charge in [0.25, 0.3) is 0 Å². The minimum Gasteiger partial charge on any atom is -0.493 e. The van der Waals surface area contributed by atoms with Crippen LogP contribution in [0.3, 0.4) is 0 Å². The van der Waals surface area contributed by atoms with E-state index < -0.39 is 0 Å². The lowest BCUT2D eigenvalue weighted by Gasteiger charge is -2.21. The normalized spacial score (nSPS) is 16.3. The summed E-state index contributed by atoms with van der Waals surface area (Å²) >= 11 is 0. The quantitative estimate of drug-likeness (QED) is 0.551. The van der Waals surface area contributed by atoms with Crippen LogP contribution in [-0.4, -0.2) is 52.5 Å². The van der Waals surface area contributed by atoms with Gasteiger partial charge in [-0.25, -0.2) is 4.39 Å². The predicted molar refractivity (Wildman–Crippen MR) is 95.3 cm³/mol. The van der Waals surface area contributed by atoms with E-state index in [1.165, 1.54) is 6.21 Å². The standard InChI is InChI=1S/C18H28FN3O/c1-14-8-6-9-17(23-11-7-10-20-2)15(12-14)18(22(4)5)16(19)13-21-3/h6,9,12-13,20H,7-8,10-11H2,1-5H3/b18-16+,21-13?. The Morgan fingerprint density at radius 2 is 2.22 bits per heavy atom. The molecule has 0 aliphatic heterocycles. The maximum Gasteiger partial charge on any atom is 0.164 e. The van der Waals surface area contributed by atoms with Crippen molar-refractivity contribution in [1.29, 1.82) is 0 Å². The van der Waals surface area contributed by atoms with Gasteiger partial charge in [-0.3, -0.25) is 4.99 Å². The van der Waals surface area contributed by atoms with Gasteiger partial charge in [0, 0.05) is 26.7 Å². The maximum absolute atomic E-state index is 14.5. The molecule has 1 aliphatic rings. The van der Waals surface area contributed by atoms with Gasteiger partial charge in [0.2, 0.25) is 0 Å². The Kier molecular flexibility index (Phi) is 8.33. The third kappa shape index (κ3) is 6.02. The minimum absolute atomic E-state index is 0.372. The molecule has 0 bridgehead atoms. The van der Waals surface area contributed by atoms with Crippen molar-refractivity contribution in [1.82, 2.24) is 10.2 Å². The van der Waals surface area contributed by atoms with Crippen molar-refractivity contribution in [2.24, 2.45) is 4.99 Å². The SMILES string of the molecule is CN=C/C(F)=C(/C1=C(OCCCNC)C=CCC(C)=C1)N(C)C. The van der Waals surface area contributed by atoms with E-state index in [2.05, 4.69) is 10.3 Å². The van der Waals surface area contributed by atoms with Crippen molar-refractivity contribution < 1.29 is 9.13 Å². The summed E-state index contributed by atoms with van der Waals surface area (Å²) in [7, 11) is 7.11. The molecule has 4 nitrogen and oxygen atoms in total. The molecule has 0 saturated heterocycles. The number of nitrogens with zero attached hydrogens (tertiary/aromatic N) is 2. The van der Waals surface area contributed by atoms with Crippen LogP contribution in [0.1, 0.15) is 19.8 Å². The fourth-order valence-corrected chi connectivity index (χ4v) is 2.32. The maximum atomic E-state index is 14.5. The largest absolute Gasteiger partial charge is 0.493 e. The Labute approximate surface area is 139 Å². The van der Waals surface area contributed by atoms with Crippen molar-refractivity contribution in [3.63, 3.8) is 0 Å². The van der Waals surface area contributed by atoms with Crippen molar-refractivity contribution in [3.05, 3.63) is 46.7 Å². The second kappa shape index (κ2) is 10.0. The number of hydrogen-bond acceptors (Lipinski definition) is 4. The molecule has 0 saturated carbocycles. The fourth-order valence-electron chi connectivity index (χ4n) is 2.32. The summed E-state index contributed by atoms with van der Waals surface area (Å²) in [5.74, 6) is 0.324. The Morgan fingerprint density at radius 3 is 2.83 bits per heavy atom. The topological polar surface area (TPSA) is 36.9 Å². The zero-order valence-electron chi connectivity index (χ0n) is 14.8. The number of hydrogen-bond donors (Lipinski definition) is 1. The van der Waals surface area contributed by atoms with Gasteiger partial charge in [-0.2, -0.15) is 0 Å². The monoisotopic (exact) mass is 321 g/mol. The number of halogens is 1. The molecule has 23 heavy (non-hydrogen) atoms. The van der Waals surface area contributed by atoms with E-state index in [0.717, 1.165) is 30.5 Å². The zero-order valence-corrected chi connectivity index (χ0v) is 14.8. The summed E-state index contributed by atoms with van der Waals surface area (Å²) in [6.45, 7) is 3.50. The van der Waals surface area contributed by atoms with Gasteiger partial charge in [0.15, 0.2) is 5.83 Å². The Hall–Kier alpha value is -1.88. The first-order valence-corrected chi connectivity index (χ1v) is 7.86. The van der Waals surface area contributed by atoms with Crippen molar-refractivity contribution >= 4 is 6.21 Å². The van der Waals surface area contributed by atoms with E-state index in [9.17, 15) is 4.39 Å². The zero-order chi connectivity index (χ0) is 17.2. The molecule has 5 heteroatoms. The molecule has 0 amide bonds. The van der Waals surface area contributed by atoms with Crippen LogP contribution in [0.5, 0.6) is 0 Å². The van der Waals surface area contributed by atoms with Gasteiger partial charge in [0.05, 0.1) is 18.5 Å². The molecule has 1 aliphatic carbocycles. The molecule has 0 radical (unpaired) electrons. The van der Waals surface area contributed by atoms with Crippen LogP contribution in [0.25, 0.3) is 0 Å². The Bertz CT molecular complexity index is 542. The predicted octanol–water partition coefficient (Wildman–Crippen LogP) is 3.22. The van der Waals surface area contributed by atoms with Crippen molar-refractivity contribution in [3.8, 4) is 0 Å². The van der Waals surface area contributed by atoms with Crippen LogP contribution in [0.2, 0.25) is 0 Å². The van der Waals surface area contributed by atoms with E-state index in [1.54, 1.807) is 11.9 Å². The van der Waals surface area contributed by atoms with Crippen LogP contribution in [-0.2, 0) is 4.74 Å². The summed E-state index contributed by atoms with van der Waals surface area (Å²) in [6.07, 6.45) is 8.93. The lowest BCUT2D eigenvalue weighted by atomic mass is 10.1. The van der Waals surface area contributed by atoms with Crippen LogP contribution in [0.4, 0.5) is 4.39 Å². The van der Waals surface area contributed by atoms with E-state index in [0.29, 0.717) is 18.1 Å². The Balaban J connectivity index is 3.27. The van der Waals surface area contributed by atoms with Crippen LogP contribution in [0, 0.1) is 0 Å². The molecule has 0 spiro atoms. The fraction of sp³-hybridized carbons (Fsp3) is 0.500. The molecule has 0 atom stereocenters. The average molecular weight is 321 g/mol. The van der Waals surface area contributed by atoms with E-state index in [4.69, 9.17) is 4.74 Å². The number of ether oxygens (including phenoxy) is 1. The van der Waals surface area contributed by atoms with E-state index >= 15 is 0 Å². The highest BCUT2D eigenvalue weighted by atomic mass is 19.1. The first-order chi connectivity index (χ1) is 11.0. The summed E-state index contributed by atoms with van der Waals surface area (Å²) in [4.78, 5) is 5.55. The molecule has 1 rings (SSSR count). The summed E-state index contributed by atoms with van der Waals surface area (Å²) in [6, 6.07) is 0. The molecule has 1 N–H and O–H groups in total. The molecule has 0 aromatic heterocycles. The van der Waals surface area contributed by atoms with Gasteiger partial charge in [0.1, 0.15) is 5.76 Å². The molecular weight excluding hydrogens is 293 g/mol. The number of nitrogens with one attached hydrogen (secondary N) is 1. The van der Waals surface area contributed by atoms with Gasteiger partial charge in [-0.15, -0.1) is 0 Å². The van der Waals surface area contributed by atoms with Gasteiger partial charge in [-0.05, 0) is 45.5 Å². The molecule has 0 aromatic rings. The smallest absolute Gasteiger partial charge is 0.164 e. The highest BCUT2D eigenvalue weighted by molar-refractivity contribution is 5.78. The summed E-state index contributed by atoms with van der Waals surface area (Å²) in [5.41, 5.74) is 2.39. The van der Waals surface area contributed by atoms with Gasteiger partial charge < -0.3 is 15.0 Å². The molecule has 0 aromatic carbocycles. The number of likely N-dealkylation sites (N-methyl/N-ethyl adjacent to an activating group) is 1. The lowest BCUT2D eigenvalue weighted by Crippen LogP contribution is -2.17. The molecule has 0 fully saturated rings. The van der Waals surface area contributed by atoms with Crippen LogP contribution >= 0.6 is 0 Å². The molecule has 0 unspecified atom stereocenters. The van der Waals surface area contributed by atoms with Gasteiger partial charge in [-0.1, -0.05) is 11.6 Å². The minimum atomic E-state index is -0.372. The number of allylic oxidation sites excluding steroid dienone is 5.